The molecule has 1 atom stereocenters. The molecule has 1 aliphatic heterocycles. The zero-order chi connectivity index (χ0) is 20.7. The van der Waals surface area contributed by atoms with E-state index in [1.54, 1.807) is 12.4 Å². The van der Waals surface area contributed by atoms with Crippen LogP contribution in [-0.2, 0) is 25.1 Å². The number of hydrogen-bond donors (Lipinski definition) is 1. The van der Waals surface area contributed by atoms with Crippen LogP contribution in [0.5, 0.6) is 0 Å². The van der Waals surface area contributed by atoms with Gasteiger partial charge in [-0.05, 0) is 61.3 Å². The van der Waals surface area contributed by atoms with E-state index in [1.165, 1.54) is 27.7 Å². The lowest BCUT2D eigenvalue weighted by Crippen LogP contribution is -2.35. The summed E-state index contributed by atoms with van der Waals surface area (Å²) in [7, 11) is 2.17. The summed E-state index contributed by atoms with van der Waals surface area (Å²) in [5, 5.41) is 13.5. The van der Waals surface area contributed by atoms with Crippen LogP contribution < -0.4 is 0 Å². The number of aliphatic hydroxyl groups is 1. The number of aromatic nitrogens is 2. The molecule has 1 N–H and O–H groups in total. The molecule has 0 saturated heterocycles. The fourth-order valence-electron chi connectivity index (χ4n) is 4.79. The number of aryl methyl sites for hydroxylation is 1. The van der Waals surface area contributed by atoms with Crippen molar-refractivity contribution in [3.8, 4) is 0 Å². The van der Waals surface area contributed by atoms with Gasteiger partial charge in [0, 0.05) is 42.1 Å². The quantitative estimate of drug-likeness (QED) is 0.559. The molecule has 0 spiro atoms. The first-order valence-electron chi connectivity index (χ1n) is 10.5. The van der Waals surface area contributed by atoms with Crippen LogP contribution in [0.3, 0.4) is 0 Å². The van der Waals surface area contributed by atoms with E-state index in [0.717, 1.165) is 30.6 Å². The van der Waals surface area contributed by atoms with E-state index in [0.29, 0.717) is 6.54 Å². The van der Waals surface area contributed by atoms with Gasteiger partial charge < -0.3 is 14.6 Å². The van der Waals surface area contributed by atoms with E-state index in [1.807, 2.05) is 42.5 Å². The summed E-state index contributed by atoms with van der Waals surface area (Å²) in [5.41, 5.74) is 5.81. The predicted molar refractivity (Wildman–Crippen MR) is 120 cm³/mol. The number of hydrogen-bond acceptors (Lipinski definition) is 3. The molecular weight excluding hydrogens is 370 g/mol. The molecule has 3 heterocycles. The average Bonchev–Trinajstić information content (AvgIpc) is 3.06. The molecule has 4 nitrogen and oxygen atoms in total. The molecular formula is C26H27N3O. The second-order valence-electron chi connectivity index (χ2n) is 8.48. The highest BCUT2D eigenvalue weighted by molar-refractivity contribution is 5.86. The third kappa shape index (κ3) is 3.13. The Balaban J connectivity index is 1.72. The van der Waals surface area contributed by atoms with Gasteiger partial charge in [-0.2, -0.15) is 0 Å². The van der Waals surface area contributed by atoms with Gasteiger partial charge in [0.05, 0.1) is 6.54 Å². The predicted octanol–water partition coefficient (Wildman–Crippen LogP) is 4.27. The van der Waals surface area contributed by atoms with Gasteiger partial charge in [-0.15, -0.1) is 0 Å². The second kappa shape index (κ2) is 7.38. The van der Waals surface area contributed by atoms with Crippen molar-refractivity contribution in [3.05, 3.63) is 101 Å². The van der Waals surface area contributed by atoms with Crippen LogP contribution in [0.2, 0.25) is 0 Å². The fraction of sp³-hybridized carbons (Fsp3) is 0.269. The third-order valence-corrected chi connectivity index (χ3v) is 6.40. The van der Waals surface area contributed by atoms with Crippen LogP contribution in [0.25, 0.3) is 10.9 Å². The van der Waals surface area contributed by atoms with Crippen molar-refractivity contribution >= 4 is 10.9 Å². The molecule has 0 bridgehead atoms. The molecule has 30 heavy (non-hydrogen) atoms. The average molecular weight is 398 g/mol. The standard InChI is InChI=1S/C26H27N3O/c1-19-8-9-24-23(16-19)22-12-15-28(2)17-25(22)29(24)18-26(30,20-6-4-3-5-7-20)21-10-13-27-14-11-21/h3-11,13-14,16,30H,12,15,17-18H2,1-2H3. The Labute approximate surface area is 177 Å². The van der Waals surface area contributed by atoms with Gasteiger partial charge in [-0.25, -0.2) is 0 Å². The van der Waals surface area contributed by atoms with Crippen molar-refractivity contribution in [1.29, 1.82) is 0 Å². The van der Waals surface area contributed by atoms with E-state index in [-0.39, 0.29) is 0 Å². The molecule has 0 amide bonds. The summed E-state index contributed by atoms with van der Waals surface area (Å²) in [6, 6.07) is 20.5. The molecule has 1 aliphatic rings. The molecule has 4 aromatic rings. The Morgan fingerprint density at radius 1 is 1.00 bits per heavy atom. The van der Waals surface area contributed by atoms with Crippen molar-refractivity contribution in [2.75, 3.05) is 13.6 Å². The van der Waals surface area contributed by atoms with Gasteiger partial charge >= 0.3 is 0 Å². The Kier molecular flexibility index (Phi) is 4.69. The lowest BCUT2D eigenvalue weighted by molar-refractivity contribution is 0.0608. The summed E-state index contributed by atoms with van der Waals surface area (Å²) >= 11 is 0. The molecule has 2 aromatic carbocycles. The first kappa shape index (κ1) is 19.0. The number of rotatable bonds is 4. The molecule has 0 aliphatic carbocycles. The Bertz CT molecular complexity index is 1140. The first-order chi connectivity index (χ1) is 14.6. The molecule has 0 fully saturated rings. The topological polar surface area (TPSA) is 41.3 Å². The number of likely N-dealkylation sites (N-methyl/N-ethyl adjacent to an activating group) is 1. The summed E-state index contributed by atoms with van der Waals surface area (Å²) < 4.78 is 2.34. The lowest BCUT2D eigenvalue weighted by Gasteiger charge is -2.32. The normalized spacial score (nSPS) is 16.4. The van der Waals surface area contributed by atoms with E-state index in [2.05, 4.69) is 46.6 Å². The fourth-order valence-corrected chi connectivity index (χ4v) is 4.79. The molecule has 2 aromatic heterocycles. The Morgan fingerprint density at radius 3 is 2.50 bits per heavy atom. The summed E-state index contributed by atoms with van der Waals surface area (Å²) in [6.45, 7) is 4.57. The highest BCUT2D eigenvalue weighted by Crippen LogP contribution is 2.37. The van der Waals surface area contributed by atoms with Crippen molar-refractivity contribution < 1.29 is 5.11 Å². The SMILES string of the molecule is Cc1ccc2c(c1)c1c(n2CC(O)(c2ccccc2)c2ccncc2)CN(C)CC1. The summed E-state index contributed by atoms with van der Waals surface area (Å²) in [4.78, 5) is 6.52. The molecule has 0 saturated carbocycles. The maximum Gasteiger partial charge on any atom is 0.133 e. The highest BCUT2D eigenvalue weighted by Gasteiger charge is 2.34. The number of fused-ring (bicyclic) bond motifs is 3. The zero-order valence-electron chi connectivity index (χ0n) is 17.5. The van der Waals surface area contributed by atoms with Gasteiger partial charge in [0.2, 0.25) is 0 Å². The largest absolute Gasteiger partial charge is 0.378 e. The zero-order valence-corrected chi connectivity index (χ0v) is 17.5. The van der Waals surface area contributed by atoms with Crippen LogP contribution in [0, 0.1) is 6.92 Å². The van der Waals surface area contributed by atoms with Crippen molar-refractivity contribution in [2.24, 2.45) is 0 Å². The molecule has 152 valence electrons. The smallest absolute Gasteiger partial charge is 0.133 e. The maximum atomic E-state index is 12.1. The Hall–Kier alpha value is -2.95. The van der Waals surface area contributed by atoms with Crippen LogP contribution in [0.1, 0.15) is 27.9 Å². The van der Waals surface area contributed by atoms with E-state index in [4.69, 9.17) is 0 Å². The van der Waals surface area contributed by atoms with Gasteiger partial charge in [-0.1, -0.05) is 42.0 Å². The third-order valence-electron chi connectivity index (χ3n) is 6.40. The van der Waals surface area contributed by atoms with E-state index < -0.39 is 5.60 Å². The van der Waals surface area contributed by atoms with Crippen molar-refractivity contribution in [3.63, 3.8) is 0 Å². The van der Waals surface area contributed by atoms with Gasteiger partial charge in [0.15, 0.2) is 0 Å². The molecule has 4 heteroatoms. The van der Waals surface area contributed by atoms with Crippen LogP contribution in [0.15, 0.2) is 73.1 Å². The summed E-state index contributed by atoms with van der Waals surface area (Å²) in [5.74, 6) is 0. The molecule has 0 radical (unpaired) electrons. The van der Waals surface area contributed by atoms with Gasteiger partial charge in [0.1, 0.15) is 5.60 Å². The minimum atomic E-state index is -1.15. The van der Waals surface area contributed by atoms with Crippen LogP contribution in [-0.4, -0.2) is 33.1 Å². The lowest BCUT2D eigenvalue weighted by atomic mass is 9.86. The monoisotopic (exact) mass is 397 g/mol. The Morgan fingerprint density at radius 2 is 1.73 bits per heavy atom. The number of pyridine rings is 1. The van der Waals surface area contributed by atoms with Crippen LogP contribution in [0.4, 0.5) is 0 Å². The van der Waals surface area contributed by atoms with Gasteiger partial charge in [0.25, 0.3) is 0 Å². The van der Waals surface area contributed by atoms with Crippen molar-refractivity contribution in [2.45, 2.75) is 32.0 Å². The summed E-state index contributed by atoms with van der Waals surface area (Å²) in [6.07, 6.45) is 4.55. The number of benzene rings is 2. The number of nitrogens with zero attached hydrogens (tertiary/aromatic N) is 3. The van der Waals surface area contributed by atoms with Gasteiger partial charge in [-0.3, -0.25) is 4.98 Å². The van der Waals surface area contributed by atoms with Crippen molar-refractivity contribution in [1.82, 2.24) is 14.5 Å². The van der Waals surface area contributed by atoms with Crippen LogP contribution >= 0.6 is 0 Å². The maximum absolute atomic E-state index is 12.1. The first-order valence-corrected chi connectivity index (χ1v) is 10.5. The van der Waals surface area contributed by atoms with E-state index in [9.17, 15) is 5.11 Å². The highest BCUT2D eigenvalue weighted by atomic mass is 16.3. The van der Waals surface area contributed by atoms with E-state index >= 15 is 0 Å². The minimum Gasteiger partial charge on any atom is -0.378 e. The molecule has 5 rings (SSSR count). The molecule has 1 unspecified atom stereocenters. The minimum absolute atomic E-state index is 0.462. The second-order valence-corrected chi connectivity index (χ2v) is 8.48.